The van der Waals surface area contributed by atoms with Gasteiger partial charge in [-0.2, -0.15) is 0 Å². The first kappa shape index (κ1) is 14.0. The predicted octanol–water partition coefficient (Wildman–Crippen LogP) is 3.35. The van der Waals surface area contributed by atoms with Crippen LogP contribution in [0.5, 0.6) is 0 Å². The molecule has 2 N–H and O–H groups in total. The highest BCUT2D eigenvalue weighted by Gasteiger charge is 2.24. The van der Waals surface area contributed by atoms with E-state index < -0.39 is 0 Å². The first-order valence-corrected chi connectivity index (χ1v) is 6.95. The molecule has 0 aromatic heterocycles. The maximum absolute atomic E-state index is 6.28. The van der Waals surface area contributed by atoms with Crippen LogP contribution in [-0.4, -0.2) is 19.3 Å². The molecule has 1 rings (SSSR count). The van der Waals surface area contributed by atoms with E-state index in [1.807, 2.05) is 0 Å². The molecule has 2 nitrogen and oxygen atoms in total. The quantitative estimate of drug-likeness (QED) is 0.755. The summed E-state index contributed by atoms with van der Waals surface area (Å²) in [5.74, 6) is 1.74. The summed E-state index contributed by atoms with van der Waals surface area (Å²) in [5, 5.41) is 0. The second-order valence-electron chi connectivity index (χ2n) is 5.48. The molecule has 0 aromatic carbocycles. The molecule has 0 radical (unpaired) electrons. The average molecular weight is 227 g/mol. The third-order valence-electron chi connectivity index (χ3n) is 4.38. The second kappa shape index (κ2) is 7.29. The number of rotatable bonds is 6. The van der Waals surface area contributed by atoms with Gasteiger partial charge in [-0.05, 0) is 44.4 Å². The van der Waals surface area contributed by atoms with Gasteiger partial charge in [-0.3, -0.25) is 0 Å². The van der Waals surface area contributed by atoms with Crippen molar-refractivity contribution in [2.45, 2.75) is 70.9 Å². The molecule has 0 spiro atoms. The van der Waals surface area contributed by atoms with Crippen molar-refractivity contribution in [2.75, 3.05) is 7.11 Å². The van der Waals surface area contributed by atoms with Gasteiger partial charge in [0.2, 0.25) is 0 Å². The van der Waals surface area contributed by atoms with Crippen LogP contribution < -0.4 is 5.73 Å². The van der Waals surface area contributed by atoms with E-state index in [0.717, 1.165) is 24.7 Å². The van der Waals surface area contributed by atoms with E-state index in [-0.39, 0.29) is 0 Å². The summed E-state index contributed by atoms with van der Waals surface area (Å²) in [4.78, 5) is 0. The van der Waals surface area contributed by atoms with Gasteiger partial charge in [-0.25, -0.2) is 0 Å². The zero-order valence-electron chi connectivity index (χ0n) is 11.2. The molecular formula is C14H29NO. The summed E-state index contributed by atoms with van der Waals surface area (Å²) < 4.78 is 5.27. The highest BCUT2D eigenvalue weighted by atomic mass is 16.5. The Morgan fingerprint density at radius 2 is 1.81 bits per heavy atom. The van der Waals surface area contributed by atoms with Gasteiger partial charge in [-0.15, -0.1) is 0 Å². The minimum absolute atomic E-state index is 0.359. The van der Waals surface area contributed by atoms with Crippen molar-refractivity contribution in [1.29, 1.82) is 0 Å². The van der Waals surface area contributed by atoms with Gasteiger partial charge in [0.05, 0.1) is 6.10 Å². The van der Waals surface area contributed by atoms with Crippen LogP contribution in [0.3, 0.4) is 0 Å². The lowest BCUT2D eigenvalue weighted by atomic mass is 9.77. The van der Waals surface area contributed by atoms with Crippen molar-refractivity contribution in [2.24, 2.45) is 17.6 Å². The van der Waals surface area contributed by atoms with Crippen LogP contribution in [0, 0.1) is 11.8 Å². The third kappa shape index (κ3) is 4.42. The summed E-state index contributed by atoms with van der Waals surface area (Å²) in [6.07, 6.45) is 9.42. The smallest absolute Gasteiger partial charge is 0.0543 e. The van der Waals surface area contributed by atoms with Crippen LogP contribution >= 0.6 is 0 Å². The first-order chi connectivity index (χ1) is 7.67. The Hall–Kier alpha value is -0.0800. The molecule has 1 saturated carbocycles. The Bertz CT molecular complexity index is 176. The fourth-order valence-corrected chi connectivity index (χ4v) is 2.81. The first-order valence-electron chi connectivity index (χ1n) is 6.95. The molecule has 0 aliphatic heterocycles. The van der Waals surface area contributed by atoms with Crippen molar-refractivity contribution in [3.63, 3.8) is 0 Å². The van der Waals surface area contributed by atoms with Crippen LogP contribution in [0.25, 0.3) is 0 Å². The molecule has 0 bridgehead atoms. The second-order valence-corrected chi connectivity index (χ2v) is 5.48. The highest BCUT2D eigenvalue weighted by molar-refractivity contribution is 4.79. The summed E-state index contributed by atoms with van der Waals surface area (Å²) >= 11 is 0. The van der Waals surface area contributed by atoms with Crippen LogP contribution in [0.4, 0.5) is 0 Å². The van der Waals surface area contributed by atoms with Gasteiger partial charge in [0.25, 0.3) is 0 Å². The lowest BCUT2D eigenvalue weighted by Crippen LogP contribution is -2.33. The standard InChI is InChI=1S/C14H29NO/c1-4-12-6-8-13(9-7-12)14(15)10-5-11(2)16-3/h11-14H,4-10,15H2,1-3H3. The molecule has 1 aliphatic rings. The Balaban J connectivity index is 2.20. The number of hydrogen-bond acceptors (Lipinski definition) is 2. The summed E-state index contributed by atoms with van der Waals surface area (Å²) in [6, 6.07) is 0.399. The van der Waals surface area contributed by atoms with Crippen molar-refractivity contribution in [1.82, 2.24) is 0 Å². The van der Waals surface area contributed by atoms with Crippen LogP contribution in [0.15, 0.2) is 0 Å². The number of methoxy groups -OCH3 is 1. The van der Waals surface area contributed by atoms with Crippen molar-refractivity contribution < 1.29 is 4.74 Å². The maximum Gasteiger partial charge on any atom is 0.0543 e. The van der Waals surface area contributed by atoms with Gasteiger partial charge in [0, 0.05) is 13.2 Å². The molecule has 96 valence electrons. The predicted molar refractivity (Wildman–Crippen MR) is 69.4 cm³/mol. The van der Waals surface area contributed by atoms with E-state index in [2.05, 4.69) is 13.8 Å². The zero-order valence-corrected chi connectivity index (χ0v) is 11.2. The molecule has 2 heteroatoms. The fraction of sp³-hybridized carbons (Fsp3) is 1.00. The molecule has 0 saturated heterocycles. The zero-order chi connectivity index (χ0) is 12.0. The largest absolute Gasteiger partial charge is 0.382 e. The van der Waals surface area contributed by atoms with E-state index in [1.54, 1.807) is 7.11 Å². The molecule has 0 amide bonds. The minimum atomic E-state index is 0.359. The van der Waals surface area contributed by atoms with Gasteiger partial charge in [0.1, 0.15) is 0 Å². The average Bonchev–Trinajstić information content (AvgIpc) is 2.35. The highest BCUT2D eigenvalue weighted by Crippen LogP contribution is 2.33. The van der Waals surface area contributed by atoms with E-state index in [4.69, 9.17) is 10.5 Å². The van der Waals surface area contributed by atoms with E-state index in [9.17, 15) is 0 Å². The molecule has 0 aromatic rings. The molecule has 16 heavy (non-hydrogen) atoms. The van der Waals surface area contributed by atoms with E-state index in [1.165, 1.54) is 32.1 Å². The molecular weight excluding hydrogens is 198 g/mol. The van der Waals surface area contributed by atoms with Crippen molar-refractivity contribution in [3.8, 4) is 0 Å². The lowest BCUT2D eigenvalue weighted by Gasteiger charge is -2.32. The van der Waals surface area contributed by atoms with Gasteiger partial charge < -0.3 is 10.5 Å². The Morgan fingerprint density at radius 1 is 1.19 bits per heavy atom. The van der Waals surface area contributed by atoms with E-state index in [0.29, 0.717) is 12.1 Å². The van der Waals surface area contributed by atoms with Crippen molar-refractivity contribution >= 4 is 0 Å². The topological polar surface area (TPSA) is 35.2 Å². The summed E-state index contributed by atoms with van der Waals surface area (Å²) in [7, 11) is 1.78. The number of ether oxygens (including phenoxy) is 1. The van der Waals surface area contributed by atoms with Crippen LogP contribution in [-0.2, 0) is 4.74 Å². The molecule has 0 heterocycles. The number of hydrogen-bond donors (Lipinski definition) is 1. The van der Waals surface area contributed by atoms with E-state index >= 15 is 0 Å². The normalized spacial score (nSPS) is 30.0. The summed E-state index contributed by atoms with van der Waals surface area (Å²) in [6.45, 7) is 4.44. The number of nitrogens with two attached hydrogens (primary N) is 1. The maximum atomic E-state index is 6.28. The van der Waals surface area contributed by atoms with Crippen LogP contribution in [0.1, 0.15) is 58.8 Å². The Kier molecular flexibility index (Phi) is 6.37. The van der Waals surface area contributed by atoms with Gasteiger partial charge in [-0.1, -0.05) is 26.2 Å². The SMILES string of the molecule is CCC1CCC(C(N)CCC(C)OC)CC1. The van der Waals surface area contributed by atoms with Crippen LogP contribution in [0.2, 0.25) is 0 Å². The Morgan fingerprint density at radius 3 is 2.31 bits per heavy atom. The molecule has 1 fully saturated rings. The van der Waals surface area contributed by atoms with Gasteiger partial charge >= 0.3 is 0 Å². The Labute approximate surface area is 101 Å². The summed E-state index contributed by atoms with van der Waals surface area (Å²) in [5.41, 5.74) is 6.28. The minimum Gasteiger partial charge on any atom is -0.382 e. The monoisotopic (exact) mass is 227 g/mol. The third-order valence-corrected chi connectivity index (χ3v) is 4.38. The molecule has 2 atom stereocenters. The molecule has 2 unspecified atom stereocenters. The van der Waals surface area contributed by atoms with Crippen molar-refractivity contribution in [3.05, 3.63) is 0 Å². The van der Waals surface area contributed by atoms with Gasteiger partial charge in [0.15, 0.2) is 0 Å². The fourth-order valence-electron chi connectivity index (χ4n) is 2.81. The lowest BCUT2D eigenvalue weighted by molar-refractivity contribution is 0.103. The molecule has 1 aliphatic carbocycles.